The average molecular weight is 345 g/mol. The monoisotopic (exact) mass is 345 g/mol. The van der Waals surface area contributed by atoms with Crippen LogP contribution in [0.3, 0.4) is 0 Å². The average Bonchev–Trinajstić information content (AvgIpc) is 2.91. The number of benzene rings is 1. The molecule has 0 bridgehead atoms. The minimum Gasteiger partial charge on any atom is -0.344 e. The third kappa shape index (κ3) is 4.65. The molecule has 0 spiro atoms. The number of likely N-dealkylation sites (N-methyl/N-ethyl adjacent to an activating group) is 2. The predicted octanol–water partition coefficient (Wildman–Crippen LogP) is 2.93. The molecule has 0 unspecified atom stereocenters. The van der Waals surface area contributed by atoms with Crippen LogP contribution in [-0.4, -0.2) is 43.0 Å². The summed E-state index contributed by atoms with van der Waals surface area (Å²) in [7, 11) is 3.54. The van der Waals surface area contributed by atoms with Crippen molar-refractivity contribution in [3.8, 4) is 0 Å². The first kappa shape index (κ1) is 17.7. The zero-order valence-corrected chi connectivity index (χ0v) is 13.7. The van der Waals surface area contributed by atoms with Gasteiger partial charge in [-0.1, -0.05) is 0 Å². The molecular weight excluding hydrogens is 327 g/mol. The van der Waals surface area contributed by atoms with Crippen molar-refractivity contribution in [1.82, 2.24) is 15.2 Å². The molecule has 8 heteroatoms. The summed E-state index contributed by atoms with van der Waals surface area (Å²) in [4.78, 5) is 17.8. The number of nitrogens with zero attached hydrogens (tertiary/aromatic N) is 2. The van der Waals surface area contributed by atoms with E-state index in [1.165, 1.54) is 17.4 Å². The summed E-state index contributed by atoms with van der Waals surface area (Å²) in [6.45, 7) is 1.33. The fourth-order valence-corrected chi connectivity index (χ4v) is 3.01. The van der Waals surface area contributed by atoms with Gasteiger partial charge < -0.3 is 10.2 Å². The molecule has 1 heterocycles. The number of carbonyl (C=O) groups excluding carboxylic acids is 1. The van der Waals surface area contributed by atoms with E-state index < -0.39 is 11.7 Å². The van der Waals surface area contributed by atoms with Crippen LogP contribution < -0.4 is 5.32 Å². The number of halogens is 3. The van der Waals surface area contributed by atoms with Gasteiger partial charge in [0, 0.05) is 33.0 Å². The number of alkyl halides is 3. The van der Waals surface area contributed by atoms with Crippen molar-refractivity contribution < 1.29 is 18.0 Å². The van der Waals surface area contributed by atoms with Gasteiger partial charge in [0.1, 0.15) is 0 Å². The lowest BCUT2D eigenvalue weighted by Crippen LogP contribution is -2.32. The summed E-state index contributed by atoms with van der Waals surface area (Å²) in [6.07, 6.45) is -3.64. The number of amides is 1. The predicted molar refractivity (Wildman–Crippen MR) is 84.5 cm³/mol. The van der Waals surface area contributed by atoms with E-state index in [9.17, 15) is 18.0 Å². The third-order valence-electron chi connectivity index (χ3n) is 3.43. The number of fused-ring (bicyclic) bond motifs is 1. The van der Waals surface area contributed by atoms with Gasteiger partial charge in [-0.05, 0) is 25.2 Å². The van der Waals surface area contributed by atoms with E-state index >= 15 is 0 Å². The molecule has 0 saturated carbocycles. The zero-order chi connectivity index (χ0) is 17.0. The van der Waals surface area contributed by atoms with E-state index in [-0.39, 0.29) is 5.91 Å². The van der Waals surface area contributed by atoms with Crippen molar-refractivity contribution in [2.45, 2.75) is 19.0 Å². The molecule has 1 amide bonds. The second kappa shape index (κ2) is 7.27. The van der Waals surface area contributed by atoms with Crippen LogP contribution in [0.1, 0.15) is 17.0 Å². The standard InChI is InChI=1S/C15H18F3N3OS/c1-19-7-8-21(2)14(22)6-5-13-20-11-9-10(15(16,17)18)3-4-12(11)23-13/h3-4,9,19H,5-8H2,1-2H3. The largest absolute Gasteiger partial charge is 0.416 e. The molecule has 0 fully saturated rings. The Balaban J connectivity index is 2.02. The molecule has 0 aliphatic heterocycles. The molecule has 4 nitrogen and oxygen atoms in total. The maximum Gasteiger partial charge on any atom is 0.416 e. The van der Waals surface area contributed by atoms with Gasteiger partial charge in [0.2, 0.25) is 5.91 Å². The summed E-state index contributed by atoms with van der Waals surface area (Å²) in [5.74, 6) is -0.00418. The number of nitrogens with one attached hydrogen (secondary N) is 1. The number of carbonyl (C=O) groups is 1. The first-order valence-electron chi connectivity index (χ1n) is 7.16. The Bertz CT molecular complexity index is 684. The Kier molecular flexibility index (Phi) is 5.59. The van der Waals surface area contributed by atoms with Gasteiger partial charge in [0.25, 0.3) is 0 Å². The fourth-order valence-electron chi connectivity index (χ4n) is 2.07. The Morgan fingerprint density at radius 3 is 2.78 bits per heavy atom. The van der Waals surface area contributed by atoms with Gasteiger partial charge in [-0.15, -0.1) is 11.3 Å². The molecule has 2 rings (SSSR count). The van der Waals surface area contributed by atoms with Crippen LogP contribution >= 0.6 is 11.3 Å². The maximum atomic E-state index is 12.7. The number of hydrogen-bond acceptors (Lipinski definition) is 4. The van der Waals surface area contributed by atoms with Crippen LogP contribution in [0.5, 0.6) is 0 Å². The molecule has 2 aromatic rings. The van der Waals surface area contributed by atoms with Gasteiger partial charge in [-0.25, -0.2) is 4.98 Å². The van der Waals surface area contributed by atoms with Crippen molar-refractivity contribution in [1.29, 1.82) is 0 Å². The lowest BCUT2D eigenvalue weighted by Gasteiger charge is -2.16. The summed E-state index contributed by atoms with van der Waals surface area (Å²) >= 11 is 1.33. The van der Waals surface area contributed by atoms with Gasteiger partial charge in [-0.3, -0.25) is 4.79 Å². The first-order valence-corrected chi connectivity index (χ1v) is 7.98. The molecule has 0 saturated heterocycles. The van der Waals surface area contributed by atoms with Gasteiger partial charge >= 0.3 is 6.18 Å². The van der Waals surface area contributed by atoms with Crippen molar-refractivity contribution in [2.75, 3.05) is 27.2 Å². The summed E-state index contributed by atoms with van der Waals surface area (Å²) < 4.78 is 38.8. The quantitative estimate of drug-likeness (QED) is 0.876. The Hall–Kier alpha value is -1.67. The molecule has 126 valence electrons. The van der Waals surface area contributed by atoms with Crippen LogP contribution in [0.2, 0.25) is 0 Å². The van der Waals surface area contributed by atoms with E-state index in [2.05, 4.69) is 10.3 Å². The van der Waals surface area contributed by atoms with Crippen LogP contribution in [-0.2, 0) is 17.4 Å². The van der Waals surface area contributed by atoms with Crippen molar-refractivity contribution in [3.05, 3.63) is 28.8 Å². The normalized spacial score (nSPS) is 11.9. The van der Waals surface area contributed by atoms with Crippen LogP contribution in [0.4, 0.5) is 13.2 Å². The highest BCUT2D eigenvalue weighted by atomic mass is 32.1. The maximum absolute atomic E-state index is 12.7. The van der Waals surface area contributed by atoms with Crippen LogP contribution in [0.15, 0.2) is 18.2 Å². The molecule has 1 N–H and O–H groups in total. The lowest BCUT2D eigenvalue weighted by molar-refractivity contribution is -0.137. The van der Waals surface area contributed by atoms with Gasteiger partial charge in [0.15, 0.2) is 0 Å². The molecule has 0 aliphatic carbocycles. The van der Waals surface area contributed by atoms with Crippen molar-refractivity contribution >= 4 is 27.5 Å². The molecule has 23 heavy (non-hydrogen) atoms. The highest BCUT2D eigenvalue weighted by Gasteiger charge is 2.30. The number of aromatic nitrogens is 1. The van der Waals surface area contributed by atoms with Crippen molar-refractivity contribution in [2.24, 2.45) is 0 Å². The number of rotatable bonds is 6. The molecule has 1 aromatic heterocycles. The zero-order valence-electron chi connectivity index (χ0n) is 12.9. The Morgan fingerprint density at radius 2 is 2.13 bits per heavy atom. The van der Waals surface area contributed by atoms with Crippen LogP contribution in [0, 0.1) is 0 Å². The van der Waals surface area contributed by atoms with Gasteiger partial charge in [-0.2, -0.15) is 13.2 Å². The van der Waals surface area contributed by atoms with E-state index in [0.717, 1.165) is 12.1 Å². The minimum atomic E-state index is -4.37. The molecule has 0 radical (unpaired) electrons. The van der Waals surface area contributed by atoms with E-state index in [1.807, 2.05) is 7.05 Å². The summed E-state index contributed by atoms with van der Waals surface area (Å²) in [5, 5.41) is 3.64. The highest BCUT2D eigenvalue weighted by Crippen LogP contribution is 2.33. The van der Waals surface area contributed by atoms with E-state index in [0.29, 0.717) is 41.2 Å². The minimum absolute atomic E-state index is 0.00418. The van der Waals surface area contributed by atoms with E-state index in [1.54, 1.807) is 11.9 Å². The Labute approximate surface area is 136 Å². The van der Waals surface area contributed by atoms with Gasteiger partial charge in [0.05, 0.1) is 20.8 Å². The number of aryl methyl sites for hydroxylation is 1. The molecular formula is C15H18F3N3OS. The molecule has 1 aromatic carbocycles. The topological polar surface area (TPSA) is 45.2 Å². The van der Waals surface area contributed by atoms with Crippen LogP contribution in [0.25, 0.3) is 10.2 Å². The Morgan fingerprint density at radius 1 is 1.39 bits per heavy atom. The molecule has 0 atom stereocenters. The smallest absolute Gasteiger partial charge is 0.344 e. The fraction of sp³-hybridized carbons (Fsp3) is 0.467. The van der Waals surface area contributed by atoms with E-state index in [4.69, 9.17) is 0 Å². The lowest BCUT2D eigenvalue weighted by atomic mass is 10.2. The SMILES string of the molecule is CNCCN(C)C(=O)CCc1nc2cc(C(F)(F)F)ccc2s1. The van der Waals surface area contributed by atoms with Crippen molar-refractivity contribution in [3.63, 3.8) is 0 Å². The highest BCUT2D eigenvalue weighted by molar-refractivity contribution is 7.18. The number of thiazole rings is 1. The first-order chi connectivity index (χ1) is 10.8. The summed E-state index contributed by atoms with van der Waals surface area (Å²) in [6, 6.07) is 3.54. The number of hydrogen-bond donors (Lipinski definition) is 1. The second-order valence-electron chi connectivity index (χ2n) is 5.21. The second-order valence-corrected chi connectivity index (χ2v) is 6.32. The third-order valence-corrected chi connectivity index (χ3v) is 4.53. The molecule has 0 aliphatic rings. The summed E-state index contributed by atoms with van der Waals surface area (Å²) in [5.41, 5.74) is -0.375.